The molecule has 2 unspecified atom stereocenters. The van der Waals surface area contributed by atoms with Crippen molar-refractivity contribution in [1.82, 2.24) is 0 Å². The number of primary amides is 1. The van der Waals surface area contributed by atoms with Gasteiger partial charge >= 0.3 is 0 Å². The van der Waals surface area contributed by atoms with Crippen LogP contribution in [0, 0.1) is 0 Å². The molecule has 0 aromatic heterocycles. The van der Waals surface area contributed by atoms with Gasteiger partial charge in [-0.1, -0.05) is 37.3 Å². The van der Waals surface area contributed by atoms with Crippen LogP contribution >= 0.6 is 0 Å². The number of para-hydroxylation sites is 1. The maximum Gasteiger partial charge on any atom is 0.237 e. The Labute approximate surface area is 125 Å². The van der Waals surface area contributed by atoms with Crippen LogP contribution in [-0.2, 0) is 4.79 Å². The lowest BCUT2D eigenvalue weighted by atomic mass is 9.82. The van der Waals surface area contributed by atoms with Gasteiger partial charge in [-0.2, -0.15) is 0 Å². The van der Waals surface area contributed by atoms with Gasteiger partial charge in [-0.15, -0.1) is 0 Å². The number of amides is 1. The van der Waals surface area contributed by atoms with E-state index in [9.17, 15) is 4.79 Å². The van der Waals surface area contributed by atoms with Crippen molar-refractivity contribution in [3.8, 4) is 0 Å². The van der Waals surface area contributed by atoms with Crippen molar-refractivity contribution in [1.29, 1.82) is 0 Å². The molecule has 0 heterocycles. The number of rotatable bonds is 5. The monoisotopic (exact) mass is 283 g/mol. The van der Waals surface area contributed by atoms with Crippen LogP contribution in [0.5, 0.6) is 0 Å². The van der Waals surface area contributed by atoms with E-state index in [4.69, 9.17) is 11.5 Å². The maximum atomic E-state index is 11.4. The summed E-state index contributed by atoms with van der Waals surface area (Å²) >= 11 is 0. The molecule has 0 bridgehead atoms. The summed E-state index contributed by atoms with van der Waals surface area (Å²) in [5.41, 5.74) is 13.3. The smallest absolute Gasteiger partial charge is 0.237 e. The Morgan fingerprint density at radius 2 is 1.57 bits per heavy atom. The van der Waals surface area contributed by atoms with Crippen LogP contribution in [0.15, 0.2) is 54.6 Å². The zero-order chi connectivity index (χ0) is 15.5. The van der Waals surface area contributed by atoms with Gasteiger partial charge in [-0.3, -0.25) is 4.79 Å². The van der Waals surface area contributed by atoms with Crippen molar-refractivity contribution in [2.24, 2.45) is 11.5 Å². The molecule has 2 aromatic rings. The lowest BCUT2D eigenvalue weighted by molar-refractivity contribution is -0.123. The molecule has 2 rings (SSSR count). The average Bonchev–Trinajstić information content (AvgIpc) is 2.48. The molecule has 0 saturated heterocycles. The van der Waals surface area contributed by atoms with E-state index in [1.807, 2.05) is 61.5 Å². The largest absolute Gasteiger partial charge is 0.368 e. The van der Waals surface area contributed by atoms with Gasteiger partial charge in [0, 0.05) is 17.3 Å². The molecular weight excluding hydrogens is 262 g/mol. The zero-order valence-corrected chi connectivity index (χ0v) is 12.3. The Kier molecular flexibility index (Phi) is 4.29. The Bertz CT molecular complexity index is 606. The first-order valence-electron chi connectivity index (χ1n) is 6.92. The van der Waals surface area contributed by atoms with E-state index in [1.54, 1.807) is 6.92 Å². The molecule has 0 aliphatic carbocycles. The van der Waals surface area contributed by atoms with E-state index < -0.39 is 11.4 Å². The third kappa shape index (κ3) is 3.41. The van der Waals surface area contributed by atoms with E-state index in [-0.39, 0.29) is 5.92 Å². The summed E-state index contributed by atoms with van der Waals surface area (Å²) in [4.78, 5) is 11.4. The standard InChI is InChI=1S/C17H21N3O/c1-12(17(2,19)16(18)21)13-8-10-15(11-9-13)20-14-6-4-3-5-7-14/h3-12,20H,19H2,1-2H3,(H2,18,21). The minimum atomic E-state index is -1.06. The van der Waals surface area contributed by atoms with Gasteiger partial charge < -0.3 is 16.8 Å². The summed E-state index contributed by atoms with van der Waals surface area (Å²) in [6.45, 7) is 3.57. The van der Waals surface area contributed by atoms with Crippen molar-refractivity contribution in [2.45, 2.75) is 25.3 Å². The fraction of sp³-hybridized carbons (Fsp3) is 0.235. The van der Waals surface area contributed by atoms with Crippen LogP contribution in [-0.4, -0.2) is 11.4 Å². The Hall–Kier alpha value is -2.33. The normalized spacial score (nSPS) is 15.0. The van der Waals surface area contributed by atoms with Gasteiger partial charge in [0.1, 0.15) is 0 Å². The van der Waals surface area contributed by atoms with Crippen molar-refractivity contribution >= 4 is 17.3 Å². The molecule has 0 spiro atoms. The van der Waals surface area contributed by atoms with E-state index in [2.05, 4.69) is 5.32 Å². The first-order chi connectivity index (χ1) is 9.91. The number of nitrogens with two attached hydrogens (primary N) is 2. The lowest BCUT2D eigenvalue weighted by Gasteiger charge is -2.28. The Morgan fingerprint density at radius 1 is 1.05 bits per heavy atom. The van der Waals surface area contributed by atoms with Crippen LogP contribution in [0.4, 0.5) is 11.4 Å². The number of hydrogen-bond donors (Lipinski definition) is 3. The number of carbonyl (C=O) groups is 1. The molecular formula is C17H21N3O. The summed E-state index contributed by atoms with van der Waals surface area (Å²) in [7, 11) is 0. The van der Waals surface area contributed by atoms with E-state index >= 15 is 0 Å². The second-order valence-electron chi connectivity index (χ2n) is 5.48. The first-order valence-corrected chi connectivity index (χ1v) is 6.92. The second kappa shape index (κ2) is 5.97. The SMILES string of the molecule is CC(c1ccc(Nc2ccccc2)cc1)C(C)(N)C(N)=O. The summed E-state index contributed by atoms with van der Waals surface area (Å²) in [5.74, 6) is -0.651. The molecule has 4 nitrogen and oxygen atoms in total. The topological polar surface area (TPSA) is 81.1 Å². The number of anilines is 2. The summed E-state index contributed by atoms with van der Waals surface area (Å²) in [5, 5.41) is 3.31. The highest BCUT2D eigenvalue weighted by Gasteiger charge is 2.33. The van der Waals surface area contributed by atoms with E-state index in [0.717, 1.165) is 16.9 Å². The van der Waals surface area contributed by atoms with Crippen molar-refractivity contribution in [2.75, 3.05) is 5.32 Å². The second-order valence-corrected chi connectivity index (χ2v) is 5.48. The number of benzene rings is 2. The fourth-order valence-corrected chi connectivity index (χ4v) is 2.10. The quantitative estimate of drug-likeness (QED) is 0.789. The lowest BCUT2D eigenvalue weighted by Crippen LogP contribution is -2.53. The van der Waals surface area contributed by atoms with Crippen LogP contribution in [0.25, 0.3) is 0 Å². The van der Waals surface area contributed by atoms with Gasteiger partial charge in [-0.25, -0.2) is 0 Å². The van der Waals surface area contributed by atoms with Crippen molar-refractivity contribution in [3.05, 3.63) is 60.2 Å². The highest BCUT2D eigenvalue weighted by molar-refractivity contribution is 5.85. The zero-order valence-electron chi connectivity index (χ0n) is 12.3. The molecule has 5 N–H and O–H groups in total. The molecule has 0 aliphatic heterocycles. The molecule has 110 valence electrons. The van der Waals surface area contributed by atoms with Crippen molar-refractivity contribution in [3.63, 3.8) is 0 Å². The Morgan fingerprint density at radius 3 is 2.10 bits per heavy atom. The van der Waals surface area contributed by atoms with Crippen LogP contribution in [0.3, 0.4) is 0 Å². The van der Waals surface area contributed by atoms with Crippen LogP contribution < -0.4 is 16.8 Å². The minimum Gasteiger partial charge on any atom is -0.368 e. The molecule has 4 heteroatoms. The maximum absolute atomic E-state index is 11.4. The van der Waals surface area contributed by atoms with Gasteiger partial charge in [0.15, 0.2) is 0 Å². The van der Waals surface area contributed by atoms with E-state index in [0.29, 0.717) is 0 Å². The molecule has 2 aromatic carbocycles. The molecule has 2 atom stereocenters. The molecule has 0 aliphatic rings. The Balaban J connectivity index is 2.14. The van der Waals surface area contributed by atoms with Crippen molar-refractivity contribution < 1.29 is 4.79 Å². The van der Waals surface area contributed by atoms with Gasteiger partial charge in [0.05, 0.1) is 5.54 Å². The first kappa shape index (κ1) is 15.1. The van der Waals surface area contributed by atoms with Crippen LogP contribution in [0.1, 0.15) is 25.3 Å². The number of nitrogens with one attached hydrogen (secondary N) is 1. The highest BCUT2D eigenvalue weighted by Crippen LogP contribution is 2.27. The average molecular weight is 283 g/mol. The molecule has 0 radical (unpaired) electrons. The predicted molar refractivity (Wildman–Crippen MR) is 86.4 cm³/mol. The summed E-state index contributed by atoms with van der Waals surface area (Å²) in [6, 6.07) is 17.8. The number of hydrogen-bond acceptors (Lipinski definition) is 3. The van der Waals surface area contributed by atoms with Gasteiger partial charge in [0.2, 0.25) is 5.91 Å². The number of carbonyl (C=O) groups excluding carboxylic acids is 1. The fourth-order valence-electron chi connectivity index (χ4n) is 2.10. The molecule has 21 heavy (non-hydrogen) atoms. The third-order valence-electron chi connectivity index (χ3n) is 3.90. The van der Waals surface area contributed by atoms with Gasteiger partial charge in [0.25, 0.3) is 0 Å². The van der Waals surface area contributed by atoms with Crippen LogP contribution in [0.2, 0.25) is 0 Å². The third-order valence-corrected chi connectivity index (χ3v) is 3.90. The highest BCUT2D eigenvalue weighted by atomic mass is 16.1. The summed E-state index contributed by atoms with van der Waals surface area (Å²) in [6.07, 6.45) is 0. The molecule has 1 amide bonds. The molecule has 0 fully saturated rings. The minimum absolute atomic E-state index is 0.152. The van der Waals surface area contributed by atoms with E-state index in [1.165, 1.54) is 0 Å². The molecule has 0 saturated carbocycles. The van der Waals surface area contributed by atoms with Gasteiger partial charge in [-0.05, 0) is 36.8 Å². The predicted octanol–water partition coefficient (Wildman–Crippen LogP) is 2.74. The summed E-state index contributed by atoms with van der Waals surface area (Å²) < 4.78 is 0.